The largest absolute Gasteiger partial charge is 0.0753 e. The van der Waals surface area contributed by atoms with E-state index in [1.165, 1.54) is 105 Å². The average Bonchev–Trinajstić information content (AvgIpc) is 3.67. The fourth-order valence-corrected chi connectivity index (χ4v) is 9.90. The Morgan fingerprint density at radius 1 is 0.571 bits per heavy atom. The maximum Gasteiger partial charge on any atom is 0.0352 e. The Morgan fingerprint density at radius 3 is 2.20 bits per heavy atom. The summed E-state index contributed by atoms with van der Waals surface area (Å²) in [6.45, 7) is 4.75. The molecule has 0 radical (unpaired) electrons. The predicted octanol–water partition coefficient (Wildman–Crippen LogP) is 12.2. The molecule has 0 spiro atoms. The highest BCUT2D eigenvalue weighted by Crippen LogP contribution is 2.54. The average molecular weight is 625 g/mol. The first-order valence-corrected chi connectivity index (χ1v) is 17.9. The molecule has 0 heterocycles. The van der Waals surface area contributed by atoms with Crippen molar-refractivity contribution in [1.82, 2.24) is 0 Å². The van der Waals surface area contributed by atoms with E-state index in [-0.39, 0.29) is 11.3 Å². The van der Waals surface area contributed by atoms with Crippen molar-refractivity contribution in [3.8, 4) is 33.4 Å². The molecule has 0 aliphatic heterocycles. The van der Waals surface area contributed by atoms with Gasteiger partial charge in [0, 0.05) is 11.3 Å². The highest BCUT2D eigenvalue weighted by molar-refractivity contribution is 6.02. The van der Waals surface area contributed by atoms with Gasteiger partial charge in [0.25, 0.3) is 0 Å². The highest BCUT2D eigenvalue weighted by atomic mass is 14.4. The molecule has 0 N–H and O–H groups in total. The van der Waals surface area contributed by atoms with Gasteiger partial charge in [-0.2, -0.15) is 0 Å². The molecular formula is C49H36. The van der Waals surface area contributed by atoms with Crippen molar-refractivity contribution >= 4 is 22.4 Å². The Morgan fingerprint density at radius 2 is 1.31 bits per heavy atom. The minimum atomic E-state index is -0.0120. The van der Waals surface area contributed by atoms with Crippen LogP contribution in [0.5, 0.6) is 0 Å². The molecule has 6 aromatic carbocycles. The zero-order valence-electron chi connectivity index (χ0n) is 28.0. The van der Waals surface area contributed by atoms with Gasteiger partial charge in [0.05, 0.1) is 0 Å². The molecule has 5 aliphatic rings. The smallest absolute Gasteiger partial charge is 0.0352 e. The molecule has 11 rings (SSSR count). The van der Waals surface area contributed by atoms with Gasteiger partial charge in [0.1, 0.15) is 0 Å². The Kier molecular flexibility index (Phi) is 5.50. The van der Waals surface area contributed by atoms with E-state index in [1.54, 1.807) is 0 Å². The van der Waals surface area contributed by atoms with Crippen LogP contribution in [0.25, 0.3) is 55.8 Å². The van der Waals surface area contributed by atoms with Crippen molar-refractivity contribution in [2.75, 3.05) is 0 Å². The van der Waals surface area contributed by atoms with Gasteiger partial charge in [-0.25, -0.2) is 0 Å². The van der Waals surface area contributed by atoms with Gasteiger partial charge in [-0.3, -0.25) is 0 Å². The minimum absolute atomic E-state index is 0.0120. The molecular weight excluding hydrogens is 589 g/mol. The molecule has 1 unspecified atom stereocenters. The lowest BCUT2D eigenvalue weighted by Gasteiger charge is -2.36. The molecule has 49 heavy (non-hydrogen) atoms. The third kappa shape index (κ3) is 3.75. The Balaban J connectivity index is 0.971. The number of hydrogen-bond donors (Lipinski definition) is 0. The van der Waals surface area contributed by atoms with E-state index in [0.29, 0.717) is 0 Å². The number of benzene rings is 6. The Hall–Kier alpha value is -5.46. The van der Waals surface area contributed by atoms with Crippen LogP contribution in [0.3, 0.4) is 0 Å². The second-order valence-electron chi connectivity index (χ2n) is 15.1. The van der Waals surface area contributed by atoms with Crippen molar-refractivity contribution in [1.29, 1.82) is 0 Å². The van der Waals surface area contributed by atoms with Crippen LogP contribution >= 0.6 is 0 Å². The van der Waals surface area contributed by atoms with Crippen LogP contribution in [0.4, 0.5) is 0 Å². The highest BCUT2D eigenvalue weighted by Gasteiger charge is 2.37. The summed E-state index contributed by atoms with van der Waals surface area (Å²) in [5.74, 6) is 0.273. The summed E-state index contributed by atoms with van der Waals surface area (Å²) in [5, 5.41) is 2.88. The quantitative estimate of drug-likeness (QED) is 0.184. The number of rotatable bonds is 3. The topological polar surface area (TPSA) is 0 Å². The fourth-order valence-electron chi connectivity index (χ4n) is 9.90. The summed E-state index contributed by atoms with van der Waals surface area (Å²) in [6.07, 6.45) is 15.3. The maximum atomic E-state index is 2.50. The molecule has 0 fully saturated rings. The van der Waals surface area contributed by atoms with Crippen LogP contribution in [0.1, 0.15) is 64.3 Å². The Labute approximate surface area is 288 Å². The lowest BCUT2D eigenvalue weighted by Crippen LogP contribution is -2.20. The summed E-state index contributed by atoms with van der Waals surface area (Å²) >= 11 is 0. The molecule has 5 aliphatic carbocycles. The van der Waals surface area contributed by atoms with Gasteiger partial charge in [-0.1, -0.05) is 147 Å². The van der Waals surface area contributed by atoms with E-state index >= 15 is 0 Å². The standard InChI is InChI=1S/C49H36/c1-49(2)44-9-4-3-7-39(44)40-25-21-35(28-45(40)49)38-24-18-34-19-26-42-37(23-17-33-20-27-43(38)48(34)47(33)42)30-12-10-29(11-13-30)36-22-16-32-15-14-31-6-5-8-41(36)46(31)32/h3-13,16-18,20-28,47H,14-15,19H2,1-2H3. The molecule has 232 valence electrons. The predicted molar refractivity (Wildman–Crippen MR) is 206 cm³/mol. The fraction of sp³-hybridized carbons (Fsp3) is 0.143. The van der Waals surface area contributed by atoms with Gasteiger partial charge in [0.15, 0.2) is 0 Å². The monoisotopic (exact) mass is 624 g/mol. The lowest BCUT2D eigenvalue weighted by atomic mass is 9.67. The van der Waals surface area contributed by atoms with E-state index in [0.717, 1.165) is 19.3 Å². The van der Waals surface area contributed by atoms with Gasteiger partial charge in [0.2, 0.25) is 0 Å². The van der Waals surface area contributed by atoms with Crippen LogP contribution in [-0.4, -0.2) is 0 Å². The van der Waals surface area contributed by atoms with Gasteiger partial charge in [-0.05, 0) is 131 Å². The van der Waals surface area contributed by atoms with Gasteiger partial charge >= 0.3 is 0 Å². The summed E-state index contributed by atoms with van der Waals surface area (Å²) in [4.78, 5) is 0. The molecule has 0 bridgehead atoms. The molecule has 6 aromatic rings. The molecule has 0 saturated heterocycles. The van der Waals surface area contributed by atoms with Crippen LogP contribution in [0.2, 0.25) is 0 Å². The third-order valence-corrected chi connectivity index (χ3v) is 12.3. The van der Waals surface area contributed by atoms with E-state index in [2.05, 4.69) is 153 Å². The van der Waals surface area contributed by atoms with Gasteiger partial charge in [-0.15, -0.1) is 0 Å². The first-order chi connectivity index (χ1) is 24.0. The second-order valence-corrected chi connectivity index (χ2v) is 15.1. The van der Waals surface area contributed by atoms with Crippen molar-refractivity contribution in [2.24, 2.45) is 0 Å². The third-order valence-electron chi connectivity index (χ3n) is 12.3. The van der Waals surface area contributed by atoms with E-state index < -0.39 is 0 Å². The summed E-state index contributed by atoms with van der Waals surface area (Å²) < 4.78 is 0. The van der Waals surface area contributed by atoms with E-state index in [4.69, 9.17) is 0 Å². The summed E-state index contributed by atoms with van der Waals surface area (Å²) in [7, 11) is 0. The maximum absolute atomic E-state index is 2.50. The van der Waals surface area contributed by atoms with Crippen molar-refractivity contribution < 1.29 is 0 Å². The molecule has 0 heteroatoms. The van der Waals surface area contributed by atoms with Crippen LogP contribution in [-0.2, 0) is 24.7 Å². The summed E-state index contributed by atoms with van der Waals surface area (Å²) in [6, 6.07) is 41.8. The van der Waals surface area contributed by atoms with Crippen molar-refractivity contribution in [3.05, 3.63) is 189 Å². The molecule has 0 amide bonds. The van der Waals surface area contributed by atoms with Crippen LogP contribution < -0.4 is 0 Å². The molecule has 0 nitrogen and oxygen atoms in total. The lowest BCUT2D eigenvalue weighted by molar-refractivity contribution is 0.660. The van der Waals surface area contributed by atoms with Crippen molar-refractivity contribution in [3.63, 3.8) is 0 Å². The molecule has 0 saturated carbocycles. The van der Waals surface area contributed by atoms with Gasteiger partial charge < -0.3 is 0 Å². The second kappa shape index (κ2) is 9.80. The van der Waals surface area contributed by atoms with E-state index in [9.17, 15) is 0 Å². The minimum Gasteiger partial charge on any atom is -0.0753 e. The number of hydrogen-bond acceptors (Lipinski definition) is 0. The number of fused-ring (bicyclic) bond motifs is 3. The van der Waals surface area contributed by atoms with Crippen LogP contribution in [0.15, 0.2) is 145 Å². The number of allylic oxidation sites excluding steroid dienone is 7. The first-order valence-electron chi connectivity index (χ1n) is 17.9. The van der Waals surface area contributed by atoms with Crippen LogP contribution in [0, 0.1) is 0 Å². The Bertz CT molecular complexity index is 2570. The molecule has 0 aromatic heterocycles. The van der Waals surface area contributed by atoms with Crippen molar-refractivity contribution in [2.45, 2.75) is 44.4 Å². The number of aryl methyl sites for hydroxylation is 2. The zero-order valence-corrected chi connectivity index (χ0v) is 28.0. The SMILES string of the molecule is CC1(C)c2ccccc2-c2ccc(-c3ccc4c5c3C=CC3=CC=C(c6ccc(-c7ccc8c9c(cccc79)CC8)cc6)C(=CC4)C35)cc21. The zero-order chi connectivity index (χ0) is 32.4. The summed E-state index contributed by atoms with van der Waals surface area (Å²) in [5.41, 5.74) is 23.8. The van der Waals surface area contributed by atoms with E-state index in [1.807, 2.05) is 0 Å². The molecule has 1 atom stereocenters. The normalized spacial score (nSPS) is 18.4. The first kappa shape index (κ1) is 27.5.